The average Bonchev–Trinajstić information content (AvgIpc) is 0. The van der Waals surface area contributed by atoms with Crippen LogP contribution in [0.2, 0.25) is 0 Å². The van der Waals surface area contributed by atoms with Crippen molar-refractivity contribution in [2.24, 2.45) is 0 Å². The summed E-state index contributed by atoms with van der Waals surface area (Å²) in [6.07, 6.45) is 0. The van der Waals surface area contributed by atoms with Gasteiger partial charge < -0.3 is 0 Å². The Morgan fingerprint density at radius 2 is 0.154 bits per heavy atom. The Kier molecular flexibility index (Phi) is 518. The van der Waals surface area contributed by atoms with Crippen molar-refractivity contribution in [1.82, 2.24) is 0 Å². The van der Waals surface area contributed by atoms with Crippen LogP contribution in [0.4, 0.5) is 0 Å². The molecule has 0 aromatic rings. The van der Waals surface area contributed by atoms with E-state index in [9.17, 15) is 0 Å². The summed E-state index contributed by atoms with van der Waals surface area (Å²) in [4.78, 5) is 0. The average molecular weight is 674 g/mol. The van der Waals surface area contributed by atoms with E-state index < -0.39 is 0 Å². The van der Waals surface area contributed by atoms with Gasteiger partial charge in [-0.2, -0.15) is 0 Å². The minimum Gasteiger partial charge on any atom is 0 e. The van der Waals surface area contributed by atoms with Crippen molar-refractivity contribution in [1.29, 1.82) is 0 Å². The van der Waals surface area contributed by atoms with Gasteiger partial charge in [0.1, 0.15) is 0 Å². The molecule has 0 unspecified atom stereocenters. The largest absolute Gasteiger partial charge is 0 e. The van der Waals surface area contributed by atoms with Gasteiger partial charge in [-0.15, -0.1) is 0 Å². The van der Waals surface area contributed by atoms with E-state index in [1.807, 2.05) is 0 Å². The van der Waals surface area contributed by atoms with Crippen LogP contribution in [-0.2, 0) is 0 Å². The Morgan fingerprint density at radius 3 is 0.154 bits per heavy atom. The number of hydrogen-bond donors (Lipinski definition) is 0. The first kappa shape index (κ1) is 86.3. The van der Waals surface area contributed by atoms with Gasteiger partial charge in [0.25, 0.3) is 0 Å². The number of hydrogen-bond acceptors (Lipinski definition) is 0. The first-order chi connectivity index (χ1) is 0. The minimum atomic E-state index is 0. The van der Waals surface area contributed by atoms with Gasteiger partial charge >= 0.3 is 0 Å². The van der Waals surface area contributed by atoms with Crippen molar-refractivity contribution >= 4 is 556 Å². The van der Waals surface area contributed by atoms with E-state index in [2.05, 4.69) is 0 Å². The Morgan fingerprint density at radius 1 is 0.154 bits per heavy atom. The maximum absolute atomic E-state index is 0. The van der Waals surface area contributed by atoms with Gasteiger partial charge in [-0.25, -0.2) is 0 Å². The molecule has 0 bridgehead atoms. The molecule has 13 radical (unpaired) electrons. The third-order valence-corrected chi connectivity index (χ3v) is 0. The second kappa shape index (κ2) is 78.0. The van der Waals surface area contributed by atoms with Crippen molar-refractivity contribution in [3.05, 3.63) is 0 Å². The Bertz CT molecular complexity index is 12.9. The van der Waals surface area contributed by atoms with E-state index in [1.54, 1.807) is 0 Å². The third-order valence-electron chi connectivity index (χ3n) is 0. The van der Waals surface area contributed by atoms with E-state index in [-0.39, 0.29) is 556 Å². The van der Waals surface area contributed by atoms with E-state index in [0.717, 1.165) is 0 Å². The quantitative estimate of drug-likeness (QED) is 0.227. The molecule has 0 amide bonds. The fourth-order valence-corrected chi connectivity index (χ4v) is 0. The van der Waals surface area contributed by atoms with Gasteiger partial charge in [0.15, 0.2) is 0 Å². The Hall–Kier alpha value is 17.8. The zero-order valence-corrected chi connectivity index (χ0v) is 56.5. The summed E-state index contributed by atoms with van der Waals surface area (Å²) < 4.78 is 0. The first-order valence-electron chi connectivity index (χ1n) is 0. The van der Waals surface area contributed by atoms with Crippen LogP contribution in [0, 0.1) is 0 Å². The van der Waals surface area contributed by atoms with Crippen LogP contribution in [-0.4, -0.2) is 556 Å². The molecule has 0 N–H and O–H groups in total. The zero-order valence-electron chi connectivity index (χ0n) is 13.0. The molecule has 0 fully saturated rings. The smallest absolute Gasteiger partial charge is 0 e. The SMILES string of the molecule is [Na].[Na].[Na].[Na].[Na].[Na].[Na].[Rb].[Rb].[Rb].[Rb].[Rb].[Rb]. The molecule has 0 aliphatic carbocycles. The van der Waals surface area contributed by atoms with E-state index in [0.29, 0.717) is 0 Å². The Labute approximate surface area is 532 Å². The molecule has 0 spiro atoms. The van der Waals surface area contributed by atoms with Crippen molar-refractivity contribution in [3.63, 3.8) is 0 Å². The second-order valence-electron chi connectivity index (χ2n) is 0. The molecule has 13 heavy (non-hydrogen) atoms. The molecule has 0 rings (SSSR count). The summed E-state index contributed by atoms with van der Waals surface area (Å²) in [6.45, 7) is 0. The molecule has 0 atom stereocenters. The molecule has 0 heterocycles. The van der Waals surface area contributed by atoms with Gasteiger partial charge in [-0.05, 0) is 0 Å². The van der Waals surface area contributed by atoms with E-state index in [1.165, 1.54) is 0 Å². The van der Waals surface area contributed by atoms with Crippen molar-refractivity contribution in [3.8, 4) is 0 Å². The Balaban J connectivity index is 0. The first-order valence-corrected chi connectivity index (χ1v) is 0. The molecule has 0 saturated carbocycles. The van der Waals surface area contributed by atoms with E-state index in [4.69, 9.17) is 0 Å². The molecule has 0 saturated heterocycles. The van der Waals surface area contributed by atoms with Gasteiger partial charge in [0.05, 0.1) is 0 Å². The van der Waals surface area contributed by atoms with Gasteiger partial charge in [-0.3, -0.25) is 0 Å². The van der Waals surface area contributed by atoms with Crippen LogP contribution in [0.1, 0.15) is 0 Å². The van der Waals surface area contributed by atoms with Crippen molar-refractivity contribution < 1.29 is 0 Å². The van der Waals surface area contributed by atoms with Crippen molar-refractivity contribution in [2.45, 2.75) is 0 Å². The topological polar surface area (TPSA) is 0 Å². The standard InChI is InChI=1S/7Na.6Rb. The number of rotatable bonds is 0. The molecule has 13 heteroatoms. The zero-order chi connectivity index (χ0) is 0. The summed E-state index contributed by atoms with van der Waals surface area (Å²) in [7, 11) is 0. The van der Waals surface area contributed by atoms with Crippen LogP contribution >= 0.6 is 0 Å². The molecular weight excluding hydrogens is 674 g/mol. The van der Waals surface area contributed by atoms with Crippen molar-refractivity contribution in [2.75, 3.05) is 0 Å². The third kappa shape index (κ3) is 72.7. The molecule has 0 aliphatic rings. The summed E-state index contributed by atoms with van der Waals surface area (Å²) >= 11 is 0. The van der Waals surface area contributed by atoms with Crippen LogP contribution < -0.4 is 0 Å². The minimum absolute atomic E-state index is 0. The van der Waals surface area contributed by atoms with Crippen LogP contribution in [0.15, 0.2) is 0 Å². The van der Waals surface area contributed by atoms with Crippen LogP contribution in [0.3, 0.4) is 0 Å². The predicted octanol–water partition coefficient (Wildman–Crippen LogP) is -4.95. The summed E-state index contributed by atoms with van der Waals surface area (Å²) in [5.74, 6) is 0. The molecule has 0 nitrogen and oxygen atoms in total. The fourth-order valence-electron chi connectivity index (χ4n) is 0. The predicted molar refractivity (Wildman–Crippen MR) is 74.8 cm³/mol. The molecule has 0 aromatic carbocycles. The van der Waals surface area contributed by atoms with E-state index >= 15 is 0 Å². The maximum atomic E-state index is 0. The summed E-state index contributed by atoms with van der Waals surface area (Å²) in [5, 5.41) is 0. The second-order valence-corrected chi connectivity index (χ2v) is 0. The monoisotopic (exact) mass is 670 g/mol. The van der Waals surface area contributed by atoms with Gasteiger partial charge in [-0.1, -0.05) is 0 Å². The summed E-state index contributed by atoms with van der Waals surface area (Å²) in [5.41, 5.74) is 0. The molecule has 13 valence electrons. The van der Waals surface area contributed by atoms with Gasteiger partial charge in [0.2, 0.25) is 0 Å². The summed E-state index contributed by atoms with van der Waals surface area (Å²) in [6, 6.07) is 0. The van der Waals surface area contributed by atoms with Gasteiger partial charge in [0, 0.05) is 556 Å². The van der Waals surface area contributed by atoms with Crippen LogP contribution in [0.5, 0.6) is 0 Å². The van der Waals surface area contributed by atoms with Crippen LogP contribution in [0.25, 0.3) is 0 Å². The molecular formula is Na7Rb6. The molecule has 0 aliphatic heterocycles. The maximum Gasteiger partial charge on any atom is 0 e. The fraction of sp³-hybridized carbons (Fsp3) is 0. The molecule has 0 aromatic heterocycles. The normalized spacial score (nSPS) is 0.